The second-order valence-electron chi connectivity index (χ2n) is 8.13. The lowest BCUT2D eigenvalue weighted by Gasteiger charge is -2.25. The quantitative estimate of drug-likeness (QED) is 0.373. The first-order valence-electron chi connectivity index (χ1n) is 10.9. The van der Waals surface area contributed by atoms with Crippen molar-refractivity contribution in [3.8, 4) is 23.0 Å². The van der Waals surface area contributed by atoms with Crippen LogP contribution in [0.4, 0.5) is 13.2 Å². The van der Waals surface area contributed by atoms with Crippen LogP contribution in [0.3, 0.4) is 0 Å². The van der Waals surface area contributed by atoms with Crippen LogP contribution in [0.1, 0.15) is 57.1 Å². The summed E-state index contributed by atoms with van der Waals surface area (Å²) in [7, 11) is 0. The molecule has 0 saturated heterocycles. The van der Waals surface area contributed by atoms with Gasteiger partial charge < -0.3 is 14.2 Å². The normalized spacial score (nSPS) is 17.3. The Labute approximate surface area is 180 Å². The number of ether oxygens (including phenoxy) is 3. The molecule has 3 nitrogen and oxygen atoms in total. The van der Waals surface area contributed by atoms with Gasteiger partial charge in [-0.2, -0.15) is 13.2 Å². The lowest BCUT2D eigenvalue weighted by molar-refractivity contribution is 0.224. The smallest absolute Gasteiger partial charge is 0.207 e. The molecule has 2 aromatic carbocycles. The highest BCUT2D eigenvalue weighted by Crippen LogP contribution is 2.44. The first-order valence-corrected chi connectivity index (χ1v) is 10.9. The molecule has 1 heterocycles. The summed E-state index contributed by atoms with van der Waals surface area (Å²) < 4.78 is 60.5. The fraction of sp³-hybridized carbons (Fsp3) is 0.440. The number of benzene rings is 2. The van der Waals surface area contributed by atoms with E-state index in [0.717, 1.165) is 32.1 Å². The summed E-state index contributed by atoms with van der Waals surface area (Å²) in [5, 5.41) is 0. The Morgan fingerprint density at radius 2 is 1.77 bits per heavy atom. The molecule has 166 valence electrons. The van der Waals surface area contributed by atoms with Crippen LogP contribution in [0.2, 0.25) is 0 Å². The number of hydrogen-bond donors (Lipinski definition) is 0. The van der Waals surface area contributed by atoms with Gasteiger partial charge in [0.15, 0.2) is 23.0 Å². The Bertz CT molecular complexity index is 1000. The Balaban J connectivity index is 1.51. The molecule has 1 atom stereocenters. The molecule has 0 saturated carbocycles. The molecule has 6 heteroatoms. The third-order valence-electron chi connectivity index (χ3n) is 5.89. The number of fused-ring (bicyclic) bond motifs is 2. The topological polar surface area (TPSA) is 27.7 Å². The first-order chi connectivity index (χ1) is 15.0. The third kappa shape index (κ3) is 4.39. The van der Waals surface area contributed by atoms with Crippen LogP contribution in [0.25, 0.3) is 0 Å². The van der Waals surface area contributed by atoms with Gasteiger partial charge in [-0.05, 0) is 50.7 Å². The minimum Gasteiger partial charge on any atom is -0.491 e. The van der Waals surface area contributed by atoms with Gasteiger partial charge in [-0.15, -0.1) is 0 Å². The lowest BCUT2D eigenvalue weighted by atomic mass is 9.88. The molecule has 0 bridgehead atoms. The summed E-state index contributed by atoms with van der Waals surface area (Å²) >= 11 is 0. The Morgan fingerprint density at radius 1 is 0.968 bits per heavy atom. The van der Waals surface area contributed by atoms with E-state index in [4.69, 9.17) is 14.2 Å². The van der Waals surface area contributed by atoms with E-state index < -0.39 is 17.5 Å². The van der Waals surface area contributed by atoms with Crippen molar-refractivity contribution in [1.29, 1.82) is 0 Å². The maximum absolute atomic E-state index is 14.8. The monoisotopic (exact) mass is 432 g/mol. The molecule has 1 aliphatic carbocycles. The molecule has 4 rings (SSSR count). The predicted molar refractivity (Wildman–Crippen MR) is 113 cm³/mol. The fourth-order valence-electron chi connectivity index (χ4n) is 4.23. The molecule has 0 radical (unpaired) electrons. The van der Waals surface area contributed by atoms with Crippen molar-refractivity contribution in [2.75, 3.05) is 13.2 Å². The highest BCUT2D eigenvalue weighted by atomic mass is 19.2. The molecule has 2 aromatic rings. The van der Waals surface area contributed by atoms with Crippen molar-refractivity contribution in [3.05, 3.63) is 58.4 Å². The van der Waals surface area contributed by atoms with Crippen LogP contribution in [-0.4, -0.2) is 13.2 Å². The molecule has 0 amide bonds. The minimum absolute atomic E-state index is 0.0224. The van der Waals surface area contributed by atoms with Crippen LogP contribution < -0.4 is 14.2 Å². The molecular formula is C25H27F3O3. The zero-order chi connectivity index (χ0) is 22.0. The standard InChI is InChI=1S/C25H27F3O3/c1-3-5-15-6-8-16(9-7-15)14-30-20-13-18-12-17-10-11-19(29-4-2)22(27)24(17)31-25(18)23(28)21(20)26/h6,10-11,13,16H,3-5,7-9,12,14H2,1-2H3. The molecule has 1 aliphatic heterocycles. The van der Waals surface area contributed by atoms with E-state index in [1.807, 2.05) is 0 Å². The van der Waals surface area contributed by atoms with E-state index in [-0.39, 0.29) is 41.9 Å². The minimum atomic E-state index is -1.16. The highest BCUT2D eigenvalue weighted by molar-refractivity contribution is 5.55. The first kappa shape index (κ1) is 21.6. The maximum atomic E-state index is 14.8. The average molecular weight is 432 g/mol. The van der Waals surface area contributed by atoms with Crippen LogP contribution in [0, 0.1) is 23.4 Å². The van der Waals surface area contributed by atoms with E-state index in [9.17, 15) is 13.2 Å². The largest absolute Gasteiger partial charge is 0.491 e. The number of halogens is 3. The molecule has 2 aliphatic rings. The van der Waals surface area contributed by atoms with Crippen molar-refractivity contribution in [2.24, 2.45) is 5.92 Å². The number of rotatable bonds is 7. The van der Waals surface area contributed by atoms with Crippen LogP contribution in [-0.2, 0) is 6.42 Å². The van der Waals surface area contributed by atoms with Gasteiger partial charge in [0.2, 0.25) is 17.5 Å². The molecule has 1 unspecified atom stereocenters. The molecule has 0 N–H and O–H groups in total. The van der Waals surface area contributed by atoms with E-state index in [1.165, 1.54) is 17.7 Å². The van der Waals surface area contributed by atoms with Crippen molar-refractivity contribution in [1.82, 2.24) is 0 Å². The van der Waals surface area contributed by atoms with E-state index in [1.54, 1.807) is 13.0 Å². The molecule has 0 fully saturated rings. The van der Waals surface area contributed by atoms with E-state index in [2.05, 4.69) is 13.0 Å². The predicted octanol–water partition coefficient (Wildman–Crippen LogP) is 7.10. The summed E-state index contributed by atoms with van der Waals surface area (Å²) in [6.45, 7) is 4.51. The van der Waals surface area contributed by atoms with Gasteiger partial charge in [-0.25, -0.2) is 0 Å². The summed E-state index contributed by atoms with van der Waals surface area (Å²) in [4.78, 5) is 0. The molecule has 0 aromatic heterocycles. The summed E-state index contributed by atoms with van der Waals surface area (Å²) in [6, 6.07) is 4.66. The average Bonchev–Trinajstić information content (AvgIpc) is 2.78. The Hall–Kier alpha value is -2.63. The molecular weight excluding hydrogens is 405 g/mol. The van der Waals surface area contributed by atoms with Crippen molar-refractivity contribution in [2.45, 2.75) is 52.4 Å². The Morgan fingerprint density at radius 3 is 2.48 bits per heavy atom. The third-order valence-corrected chi connectivity index (χ3v) is 5.89. The fourth-order valence-corrected chi connectivity index (χ4v) is 4.23. The molecule has 31 heavy (non-hydrogen) atoms. The van der Waals surface area contributed by atoms with Gasteiger partial charge in [0.05, 0.1) is 13.2 Å². The highest BCUT2D eigenvalue weighted by Gasteiger charge is 2.29. The van der Waals surface area contributed by atoms with Gasteiger partial charge in [-0.3, -0.25) is 0 Å². The molecule has 0 spiro atoms. The lowest BCUT2D eigenvalue weighted by Crippen LogP contribution is -2.16. The summed E-state index contributed by atoms with van der Waals surface area (Å²) in [6.07, 6.45) is 7.62. The zero-order valence-electron chi connectivity index (χ0n) is 17.9. The van der Waals surface area contributed by atoms with Gasteiger partial charge >= 0.3 is 0 Å². The number of allylic oxidation sites excluding steroid dienone is 2. The van der Waals surface area contributed by atoms with E-state index >= 15 is 0 Å². The number of hydrogen-bond acceptors (Lipinski definition) is 3. The van der Waals surface area contributed by atoms with Crippen LogP contribution in [0.5, 0.6) is 23.0 Å². The van der Waals surface area contributed by atoms with Crippen molar-refractivity contribution in [3.63, 3.8) is 0 Å². The van der Waals surface area contributed by atoms with Gasteiger partial charge in [0.25, 0.3) is 0 Å². The zero-order valence-corrected chi connectivity index (χ0v) is 17.9. The van der Waals surface area contributed by atoms with Crippen LogP contribution >= 0.6 is 0 Å². The van der Waals surface area contributed by atoms with Crippen molar-refractivity contribution >= 4 is 0 Å². The maximum Gasteiger partial charge on any atom is 0.207 e. The summed E-state index contributed by atoms with van der Waals surface area (Å²) in [5.74, 6) is -3.22. The van der Waals surface area contributed by atoms with Crippen molar-refractivity contribution < 1.29 is 27.4 Å². The van der Waals surface area contributed by atoms with Gasteiger partial charge in [0.1, 0.15) is 0 Å². The summed E-state index contributed by atoms with van der Waals surface area (Å²) in [5.41, 5.74) is 2.45. The SMILES string of the molecule is CCCC1=CCC(COc2cc3c(c(F)c2F)Oc2c(ccc(OCC)c2F)C3)CC1. The van der Waals surface area contributed by atoms with Gasteiger partial charge in [-0.1, -0.05) is 31.1 Å². The second-order valence-corrected chi connectivity index (χ2v) is 8.13. The Kier molecular flexibility index (Phi) is 6.44. The van der Waals surface area contributed by atoms with Crippen LogP contribution in [0.15, 0.2) is 29.8 Å². The van der Waals surface area contributed by atoms with Gasteiger partial charge in [0, 0.05) is 17.5 Å². The van der Waals surface area contributed by atoms with E-state index in [0.29, 0.717) is 17.7 Å². The second kappa shape index (κ2) is 9.25.